The Balaban J connectivity index is 1.77. The average molecular weight is 311 g/mol. The largest absolute Gasteiger partial charge is 0.320 e. The van der Waals surface area contributed by atoms with Gasteiger partial charge in [-0.1, -0.05) is 48.5 Å². The van der Waals surface area contributed by atoms with E-state index in [9.17, 15) is 0 Å². The molecule has 0 spiro atoms. The second-order valence-electron chi connectivity index (χ2n) is 5.65. The Labute approximate surface area is 140 Å². The van der Waals surface area contributed by atoms with E-state index in [0.717, 1.165) is 29.0 Å². The zero-order valence-electron chi connectivity index (χ0n) is 13.2. The predicted molar refractivity (Wildman–Crippen MR) is 98.4 cm³/mol. The molecule has 0 atom stereocenters. The Bertz CT molecular complexity index is 970. The summed E-state index contributed by atoms with van der Waals surface area (Å²) < 4.78 is 2.25. The monoisotopic (exact) mass is 311 g/mol. The molecule has 2 heterocycles. The molecular weight excluding hydrogens is 294 g/mol. The van der Waals surface area contributed by atoms with Crippen LogP contribution in [0.3, 0.4) is 0 Å². The van der Waals surface area contributed by atoms with Crippen molar-refractivity contribution in [1.82, 2.24) is 14.5 Å². The molecular formula is C21H17N3. The van der Waals surface area contributed by atoms with Crippen molar-refractivity contribution in [2.45, 2.75) is 6.54 Å². The molecule has 0 saturated carbocycles. The van der Waals surface area contributed by atoms with Gasteiger partial charge < -0.3 is 4.57 Å². The van der Waals surface area contributed by atoms with Crippen molar-refractivity contribution in [2.75, 3.05) is 0 Å². The Kier molecular flexibility index (Phi) is 3.90. The summed E-state index contributed by atoms with van der Waals surface area (Å²) >= 11 is 0. The lowest BCUT2D eigenvalue weighted by atomic mass is 10.2. The summed E-state index contributed by atoms with van der Waals surface area (Å²) in [5.41, 5.74) is 4.49. The first-order valence-corrected chi connectivity index (χ1v) is 7.97. The normalized spacial score (nSPS) is 11.3. The molecule has 2 aromatic carbocycles. The van der Waals surface area contributed by atoms with Crippen molar-refractivity contribution in [3.05, 3.63) is 96.1 Å². The fourth-order valence-corrected chi connectivity index (χ4v) is 2.80. The molecule has 0 saturated heterocycles. The maximum Gasteiger partial charge on any atom is 0.134 e. The third-order valence-corrected chi connectivity index (χ3v) is 3.98. The van der Waals surface area contributed by atoms with Crippen LogP contribution in [0.15, 0.2) is 79.1 Å². The maximum absolute atomic E-state index is 4.78. The van der Waals surface area contributed by atoms with Crippen LogP contribution in [0.5, 0.6) is 0 Å². The van der Waals surface area contributed by atoms with E-state index in [1.54, 1.807) is 6.20 Å². The summed E-state index contributed by atoms with van der Waals surface area (Å²) in [7, 11) is 0. The Hall–Kier alpha value is -3.20. The van der Waals surface area contributed by atoms with Gasteiger partial charge in [-0.25, -0.2) is 4.98 Å². The minimum atomic E-state index is 0.800. The highest BCUT2D eigenvalue weighted by Crippen LogP contribution is 2.19. The molecule has 0 unspecified atom stereocenters. The Morgan fingerprint density at radius 2 is 1.67 bits per heavy atom. The van der Waals surface area contributed by atoms with Crippen molar-refractivity contribution in [3.63, 3.8) is 0 Å². The minimum Gasteiger partial charge on any atom is -0.320 e. The Morgan fingerprint density at radius 1 is 0.833 bits per heavy atom. The lowest BCUT2D eigenvalue weighted by Gasteiger charge is -2.07. The third kappa shape index (κ3) is 2.97. The van der Waals surface area contributed by atoms with Crippen molar-refractivity contribution in [1.29, 1.82) is 0 Å². The molecule has 0 amide bonds. The number of para-hydroxylation sites is 2. The van der Waals surface area contributed by atoms with Gasteiger partial charge in [0.2, 0.25) is 0 Å². The quantitative estimate of drug-likeness (QED) is 0.549. The number of hydrogen-bond donors (Lipinski definition) is 0. The van der Waals surface area contributed by atoms with E-state index in [-0.39, 0.29) is 0 Å². The molecule has 0 aliphatic carbocycles. The van der Waals surface area contributed by atoms with Crippen LogP contribution < -0.4 is 0 Å². The lowest BCUT2D eigenvalue weighted by Crippen LogP contribution is -2.01. The molecule has 4 aromatic rings. The second-order valence-corrected chi connectivity index (χ2v) is 5.65. The van der Waals surface area contributed by atoms with Gasteiger partial charge in [0.25, 0.3) is 0 Å². The van der Waals surface area contributed by atoms with Crippen LogP contribution in [0.2, 0.25) is 0 Å². The average Bonchev–Trinajstić information content (AvgIpc) is 2.99. The number of benzene rings is 2. The molecule has 3 heteroatoms. The smallest absolute Gasteiger partial charge is 0.134 e. The van der Waals surface area contributed by atoms with E-state index < -0.39 is 0 Å². The van der Waals surface area contributed by atoms with Crippen molar-refractivity contribution >= 4 is 23.2 Å². The molecule has 2 aromatic heterocycles. The van der Waals surface area contributed by atoms with Gasteiger partial charge >= 0.3 is 0 Å². The van der Waals surface area contributed by atoms with Gasteiger partial charge in [0, 0.05) is 18.9 Å². The van der Waals surface area contributed by atoms with Crippen molar-refractivity contribution in [2.24, 2.45) is 0 Å². The van der Waals surface area contributed by atoms with Gasteiger partial charge in [-0.3, -0.25) is 4.98 Å². The van der Waals surface area contributed by atoms with Gasteiger partial charge in [-0.15, -0.1) is 0 Å². The SMILES string of the molecule is C(=C\c1nc2ccccc2n1Cc1ccccc1)/c1cccnc1. The van der Waals surface area contributed by atoms with E-state index in [0.29, 0.717) is 0 Å². The van der Waals surface area contributed by atoms with Crippen LogP contribution in [0.25, 0.3) is 23.2 Å². The van der Waals surface area contributed by atoms with E-state index in [1.165, 1.54) is 5.56 Å². The summed E-state index contributed by atoms with van der Waals surface area (Å²) in [4.78, 5) is 8.93. The molecule has 116 valence electrons. The summed E-state index contributed by atoms with van der Waals surface area (Å²) in [6.45, 7) is 0.800. The van der Waals surface area contributed by atoms with Crippen LogP contribution in [0.1, 0.15) is 17.0 Å². The van der Waals surface area contributed by atoms with E-state index in [1.807, 2.05) is 30.5 Å². The van der Waals surface area contributed by atoms with Gasteiger partial charge in [-0.05, 0) is 41.5 Å². The van der Waals surface area contributed by atoms with Gasteiger partial charge in [0.15, 0.2) is 0 Å². The summed E-state index contributed by atoms with van der Waals surface area (Å²) in [6.07, 6.45) is 7.73. The van der Waals surface area contributed by atoms with E-state index >= 15 is 0 Å². The number of pyridine rings is 1. The first-order valence-electron chi connectivity index (χ1n) is 7.97. The first-order chi connectivity index (χ1) is 11.9. The highest BCUT2D eigenvalue weighted by Gasteiger charge is 2.08. The summed E-state index contributed by atoms with van der Waals surface area (Å²) in [5.74, 6) is 0.948. The maximum atomic E-state index is 4.78. The highest BCUT2D eigenvalue weighted by molar-refractivity contribution is 5.80. The third-order valence-electron chi connectivity index (χ3n) is 3.98. The number of hydrogen-bond acceptors (Lipinski definition) is 2. The topological polar surface area (TPSA) is 30.7 Å². The van der Waals surface area contributed by atoms with Gasteiger partial charge in [0.1, 0.15) is 5.82 Å². The molecule has 0 aliphatic rings. The first kappa shape index (κ1) is 14.4. The van der Waals surface area contributed by atoms with Crippen molar-refractivity contribution < 1.29 is 0 Å². The Morgan fingerprint density at radius 3 is 2.50 bits per heavy atom. The highest BCUT2D eigenvalue weighted by atomic mass is 15.1. The number of fused-ring (bicyclic) bond motifs is 1. The molecule has 24 heavy (non-hydrogen) atoms. The van der Waals surface area contributed by atoms with Crippen LogP contribution in [-0.4, -0.2) is 14.5 Å². The van der Waals surface area contributed by atoms with Gasteiger partial charge in [-0.2, -0.15) is 0 Å². The molecule has 0 aliphatic heterocycles. The van der Waals surface area contributed by atoms with E-state index in [2.05, 4.69) is 64.2 Å². The van der Waals surface area contributed by atoms with Crippen molar-refractivity contribution in [3.8, 4) is 0 Å². The number of rotatable bonds is 4. The second kappa shape index (κ2) is 6.50. The molecule has 0 radical (unpaired) electrons. The minimum absolute atomic E-state index is 0.800. The zero-order valence-corrected chi connectivity index (χ0v) is 13.2. The fraction of sp³-hybridized carbons (Fsp3) is 0.0476. The van der Waals surface area contributed by atoms with Crippen LogP contribution >= 0.6 is 0 Å². The predicted octanol–water partition coefficient (Wildman–Crippen LogP) is 4.65. The summed E-state index contributed by atoms with van der Waals surface area (Å²) in [6, 6.07) is 22.7. The standard InChI is InChI=1S/C21H17N3/c1-2-7-18(8-3-1)16-24-20-11-5-4-10-19(20)23-21(24)13-12-17-9-6-14-22-15-17/h1-15H,16H2/b13-12+. The van der Waals surface area contributed by atoms with Crippen LogP contribution in [0, 0.1) is 0 Å². The molecule has 0 N–H and O–H groups in total. The van der Waals surface area contributed by atoms with Crippen LogP contribution in [-0.2, 0) is 6.54 Å². The molecule has 4 rings (SSSR count). The van der Waals surface area contributed by atoms with Gasteiger partial charge in [0.05, 0.1) is 11.0 Å². The number of aromatic nitrogens is 3. The molecule has 0 bridgehead atoms. The van der Waals surface area contributed by atoms with Crippen LogP contribution in [0.4, 0.5) is 0 Å². The van der Waals surface area contributed by atoms with E-state index in [4.69, 9.17) is 4.98 Å². The number of imidazole rings is 1. The number of nitrogens with zero attached hydrogens (tertiary/aromatic N) is 3. The fourth-order valence-electron chi connectivity index (χ4n) is 2.80. The molecule has 3 nitrogen and oxygen atoms in total. The molecule has 0 fully saturated rings. The lowest BCUT2D eigenvalue weighted by molar-refractivity contribution is 0.814. The summed E-state index contributed by atoms with van der Waals surface area (Å²) in [5, 5.41) is 0. The zero-order chi connectivity index (χ0) is 16.2.